The van der Waals surface area contributed by atoms with Gasteiger partial charge in [0.15, 0.2) is 0 Å². The quantitative estimate of drug-likeness (QED) is 0.764. The van der Waals surface area contributed by atoms with E-state index in [0.717, 1.165) is 5.56 Å². The Labute approximate surface area is 87.2 Å². The van der Waals surface area contributed by atoms with E-state index in [1.54, 1.807) is 31.3 Å². The van der Waals surface area contributed by atoms with Gasteiger partial charge >= 0.3 is 6.09 Å². The fraction of sp³-hybridized carbons (Fsp3) is 0.200. The molecule has 0 unspecified atom stereocenters. The normalized spacial score (nSPS) is 9.40. The molecule has 80 valence electrons. The van der Waals surface area contributed by atoms with Gasteiger partial charge in [-0.1, -0.05) is 12.1 Å². The monoisotopic (exact) mass is 208 g/mol. The first-order valence-corrected chi connectivity index (χ1v) is 4.36. The zero-order valence-electron chi connectivity index (χ0n) is 8.32. The highest BCUT2D eigenvalue weighted by molar-refractivity contribution is 5.93. The molecule has 0 saturated heterocycles. The van der Waals surface area contributed by atoms with E-state index in [-0.39, 0.29) is 12.5 Å². The van der Waals surface area contributed by atoms with E-state index in [2.05, 4.69) is 10.1 Å². The Morgan fingerprint density at radius 1 is 1.33 bits per heavy atom. The number of hydrogen-bond donors (Lipinski definition) is 2. The Morgan fingerprint density at radius 2 is 1.93 bits per heavy atom. The molecular weight excluding hydrogens is 196 g/mol. The summed E-state index contributed by atoms with van der Waals surface area (Å²) in [5.41, 5.74) is 6.15. The molecule has 2 amide bonds. The van der Waals surface area contributed by atoms with Crippen LogP contribution >= 0.6 is 0 Å². The van der Waals surface area contributed by atoms with E-state index in [9.17, 15) is 9.59 Å². The second-order valence-electron chi connectivity index (χ2n) is 2.88. The summed E-state index contributed by atoms with van der Waals surface area (Å²) in [6, 6.07) is 6.71. The predicted octanol–water partition coefficient (Wildman–Crippen LogP) is 0.641. The van der Waals surface area contributed by atoms with Crippen LogP contribution in [0, 0.1) is 0 Å². The topological polar surface area (TPSA) is 81.4 Å². The van der Waals surface area contributed by atoms with Crippen molar-refractivity contribution in [2.24, 2.45) is 5.73 Å². The molecule has 0 atom stereocenters. The van der Waals surface area contributed by atoms with Crippen molar-refractivity contribution in [1.82, 2.24) is 5.32 Å². The van der Waals surface area contributed by atoms with Crippen LogP contribution in [0.5, 0.6) is 0 Å². The van der Waals surface area contributed by atoms with Gasteiger partial charge in [-0.3, -0.25) is 4.79 Å². The van der Waals surface area contributed by atoms with Crippen molar-refractivity contribution < 1.29 is 14.3 Å². The summed E-state index contributed by atoms with van der Waals surface area (Å²) in [6.45, 7) is 0.114. The third-order valence-corrected chi connectivity index (χ3v) is 1.82. The number of amides is 2. The first-order valence-electron chi connectivity index (χ1n) is 4.36. The third kappa shape index (κ3) is 3.30. The maximum atomic E-state index is 11.2. The van der Waals surface area contributed by atoms with Crippen LogP contribution in [0.2, 0.25) is 0 Å². The standard InChI is InChI=1S/C10H12N2O3/c1-12-9(13)8-4-2-7(3-5-8)6-15-10(11)14/h2-5H,6H2,1H3,(H2,11,14)(H,12,13). The zero-order valence-corrected chi connectivity index (χ0v) is 8.32. The van der Waals surface area contributed by atoms with E-state index in [4.69, 9.17) is 5.73 Å². The Hall–Kier alpha value is -2.04. The first-order chi connectivity index (χ1) is 7.13. The Bertz CT molecular complexity index is 359. The summed E-state index contributed by atoms with van der Waals surface area (Å²) in [6.07, 6.45) is -0.814. The molecule has 0 spiro atoms. The summed E-state index contributed by atoms with van der Waals surface area (Å²) in [4.78, 5) is 21.5. The van der Waals surface area contributed by atoms with Crippen molar-refractivity contribution >= 4 is 12.0 Å². The highest BCUT2D eigenvalue weighted by Gasteiger charge is 2.02. The van der Waals surface area contributed by atoms with Gasteiger partial charge < -0.3 is 15.8 Å². The van der Waals surface area contributed by atoms with Crippen LogP contribution < -0.4 is 11.1 Å². The van der Waals surface area contributed by atoms with Crippen LogP contribution in [0.1, 0.15) is 15.9 Å². The Morgan fingerprint density at radius 3 is 2.40 bits per heavy atom. The molecule has 0 aliphatic heterocycles. The molecule has 5 heteroatoms. The van der Waals surface area contributed by atoms with E-state index in [1.807, 2.05) is 0 Å². The van der Waals surface area contributed by atoms with E-state index in [1.165, 1.54) is 0 Å². The number of benzene rings is 1. The molecule has 1 rings (SSSR count). The highest BCUT2D eigenvalue weighted by atomic mass is 16.5. The smallest absolute Gasteiger partial charge is 0.404 e. The van der Waals surface area contributed by atoms with Crippen molar-refractivity contribution in [3.63, 3.8) is 0 Å². The molecule has 0 bridgehead atoms. The Kier molecular flexibility index (Phi) is 3.68. The van der Waals surface area contributed by atoms with Crippen molar-refractivity contribution in [2.75, 3.05) is 7.05 Å². The number of nitrogens with two attached hydrogens (primary N) is 1. The summed E-state index contributed by atoms with van der Waals surface area (Å²) >= 11 is 0. The summed E-state index contributed by atoms with van der Waals surface area (Å²) in [7, 11) is 1.56. The number of hydrogen-bond acceptors (Lipinski definition) is 3. The molecule has 5 nitrogen and oxygen atoms in total. The molecule has 0 saturated carbocycles. The van der Waals surface area contributed by atoms with Crippen LogP contribution in [-0.4, -0.2) is 19.0 Å². The molecular formula is C10H12N2O3. The van der Waals surface area contributed by atoms with Crippen molar-refractivity contribution in [3.05, 3.63) is 35.4 Å². The predicted molar refractivity (Wildman–Crippen MR) is 54.2 cm³/mol. The molecule has 15 heavy (non-hydrogen) atoms. The molecule has 0 heterocycles. The van der Waals surface area contributed by atoms with Gasteiger partial charge in [-0.25, -0.2) is 4.79 Å². The average molecular weight is 208 g/mol. The van der Waals surface area contributed by atoms with Gasteiger partial charge in [-0.2, -0.15) is 0 Å². The lowest BCUT2D eigenvalue weighted by molar-refractivity contribution is 0.0962. The zero-order chi connectivity index (χ0) is 11.3. The highest BCUT2D eigenvalue weighted by Crippen LogP contribution is 2.05. The minimum Gasteiger partial charge on any atom is -0.445 e. The van der Waals surface area contributed by atoms with E-state index < -0.39 is 6.09 Å². The van der Waals surface area contributed by atoms with Crippen LogP contribution in [0.25, 0.3) is 0 Å². The van der Waals surface area contributed by atoms with Crippen LogP contribution in [0.4, 0.5) is 4.79 Å². The largest absolute Gasteiger partial charge is 0.445 e. The van der Waals surface area contributed by atoms with Crippen LogP contribution in [0.3, 0.4) is 0 Å². The van der Waals surface area contributed by atoms with Gasteiger partial charge in [0, 0.05) is 12.6 Å². The maximum absolute atomic E-state index is 11.2. The maximum Gasteiger partial charge on any atom is 0.404 e. The van der Waals surface area contributed by atoms with E-state index in [0.29, 0.717) is 5.56 Å². The molecule has 1 aromatic rings. The minimum atomic E-state index is -0.814. The number of rotatable bonds is 3. The molecule has 0 aliphatic carbocycles. The molecule has 1 aromatic carbocycles. The number of primary amides is 1. The number of nitrogens with one attached hydrogen (secondary N) is 1. The van der Waals surface area contributed by atoms with Gasteiger partial charge in [0.1, 0.15) is 6.61 Å². The van der Waals surface area contributed by atoms with Gasteiger partial charge in [0.05, 0.1) is 0 Å². The summed E-state index contributed by atoms with van der Waals surface area (Å²) in [5, 5.41) is 2.51. The van der Waals surface area contributed by atoms with E-state index >= 15 is 0 Å². The molecule has 0 aromatic heterocycles. The molecule has 0 aliphatic rings. The lowest BCUT2D eigenvalue weighted by Gasteiger charge is -2.03. The number of carbonyl (C=O) groups excluding carboxylic acids is 2. The third-order valence-electron chi connectivity index (χ3n) is 1.82. The first kappa shape index (κ1) is 11.0. The second-order valence-corrected chi connectivity index (χ2v) is 2.88. The van der Waals surface area contributed by atoms with Crippen molar-refractivity contribution in [2.45, 2.75) is 6.61 Å². The number of ether oxygens (including phenoxy) is 1. The van der Waals surface area contributed by atoms with Gasteiger partial charge in [-0.05, 0) is 17.7 Å². The fourth-order valence-corrected chi connectivity index (χ4v) is 1.05. The van der Waals surface area contributed by atoms with Crippen LogP contribution in [0.15, 0.2) is 24.3 Å². The lowest BCUT2D eigenvalue weighted by Crippen LogP contribution is -2.17. The fourth-order valence-electron chi connectivity index (χ4n) is 1.05. The second kappa shape index (κ2) is 4.99. The summed E-state index contributed by atoms with van der Waals surface area (Å²) < 4.78 is 4.59. The molecule has 3 N–H and O–H groups in total. The summed E-state index contributed by atoms with van der Waals surface area (Å²) in [5.74, 6) is -0.155. The SMILES string of the molecule is CNC(=O)c1ccc(COC(N)=O)cc1. The average Bonchev–Trinajstić information content (AvgIpc) is 2.26. The van der Waals surface area contributed by atoms with Gasteiger partial charge in [0.2, 0.25) is 0 Å². The molecule has 0 fully saturated rings. The Balaban J connectivity index is 2.64. The molecule has 0 radical (unpaired) electrons. The van der Waals surface area contributed by atoms with Gasteiger partial charge in [0.25, 0.3) is 5.91 Å². The van der Waals surface area contributed by atoms with Crippen molar-refractivity contribution in [3.8, 4) is 0 Å². The number of carbonyl (C=O) groups is 2. The minimum absolute atomic E-state index is 0.114. The van der Waals surface area contributed by atoms with Crippen LogP contribution in [-0.2, 0) is 11.3 Å². The van der Waals surface area contributed by atoms with Gasteiger partial charge in [-0.15, -0.1) is 0 Å². The van der Waals surface area contributed by atoms with Crippen molar-refractivity contribution in [1.29, 1.82) is 0 Å². The lowest BCUT2D eigenvalue weighted by atomic mass is 10.1.